The molecular formula is C5H5OP. The lowest BCUT2D eigenvalue weighted by molar-refractivity contribution is 1.68. The van der Waals surface area contributed by atoms with Crippen LogP contribution in [0.15, 0.2) is 28.5 Å². The molecule has 0 fully saturated rings. The summed E-state index contributed by atoms with van der Waals surface area (Å²) in [7, 11) is 0.706. The lowest BCUT2D eigenvalue weighted by Gasteiger charge is -1.70. The molecule has 0 amide bonds. The second-order valence-electron chi connectivity index (χ2n) is 1.24. The molecule has 0 bridgehead atoms. The summed E-state index contributed by atoms with van der Waals surface area (Å²) in [6.07, 6.45) is 0. The topological polar surface area (TPSA) is 17.1 Å². The molecule has 0 aliphatic rings. The van der Waals surface area contributed by atoms with Crippen molar-refractivity contribution in [1.29, 1.82) is 0 Å². The van der Waals surface area contributed by atoms with Crippen LogP contribution in [-0.2, 0) is 0 Å². The van der Waals surface area contributed by atoms with Gasteiger partial charge >= 0.3 is 0 Å². The third kappa shape index (κ3) is 1.17. The summed E-state index contributed by atoms with van der Waals surface area (Å²) in [5.74, 6) is 3.75. The van der Waals surface area contributed by atoms with Crippen molar-refractivity contribution in [3.05, 3.63) is 34.0 Å². The first-order valence-electron chi connectivity index (χ1n) is 2.03. The van der Waals surface area contributed by atoms with Crippen LogP contribution < -0.4 is 5.43 Å². The molecule has 0 radical (unpaired) electrons. The molecule has 0 aromatic carbocycles. The Morgan fingerprint density at radius 3 is 2.14 bits per heavy atom. The van der Waals surface area contributed by atoms with E-state index in [1.807, 2.05) is 11.6 Å². The van der Waals surface area contributed by atoms with Crippen LogP contribution in [0.4, 0.5) is 0 Å². The van der Waals surface area contributed by atoms with Crippen LogP contribution in [0, 0.1) is 0 Å². The van der Waals surface area contributed by atoms with Crippen molar-refractivity contribution in [1.82, 2.24) is 0 Å². The van der Waals surface area contributed by atoms with E-state index >= 15 is 0 Å². The summed E-state index contributed by atoms with van der Waals surface area (Å²) in [6.45, 7) is 0. The first kappa shape index (κ1) is 4.61. The third-order valence-electron chi connectivity index (χ3n) is 0.688. The quantitative estimate of drug-likeness (QED) is 0.490. The fraction of sp³-hybridized carbons (Fsp3) is 0. The maximum Gasteiger partial charge on any atom is 0.179 e. The highest BCUT2D eigenvalue weighted by molar-refractivity contribution is 7.28. The van der Waals surface area contributed by atoms with Crippen molar-refractivity contribution >= 4 is 8.19 Å². The number of hydrogen-bond donors (Lipinski definition) is 0. The predicted molar refractivity (Wildman–Crippen MR) is 32.2 cm³/mol. The Morgan fingerprint density at radius 2 is 1.86 bits per heavy atom. The minimum absolute atomic E-state index is 0.110. The van der Waals surface area contributed by atoms with E-state index in [0.717, 1.165) is 0 Å². The van der Waals surface area contributed by atoms with E-state index in [9.17, 15) is 4.79 Å². The molecule has 1 aromatic rings. The molecule has 0 spiro atoms. The molecule has 0 saturated heterocycles. The van der Waals surface area contributed by atoms with Gasteiger partial charge in [0.1, 0.15) is 0 Å². The molecule has 7 heavy (non-hydrogen) atoms. The monoisotopic (exact) mass is 112 g/mol. The van der Waals surface area contributed by atoms with E-state index in [-0.39, 0.29) is 5.43 Å². The Morgan fingerprint density at radius 1 is 1.29 bits per heavy atom. The predicted octanol–water partition coefficient (Wildman–Crippen LogP) is 1.08. The molecule has 2 heteroatoms. The van der Waals surface area contributed by atoms with Gasteiger partial charge in [-0.1, -0.05) is 0 Å². The summed E-state index contributed by atoms with van der Waals surface area (Å²) in [6, 6.07) is 3.19. The van der Waals surface area contributed by atoms with Gasteiger partial charge < -0.3 is 0 Å². The van der Waals surface area contributed by atoms with Gasteiger partial charge in [-0.3, -0.25) is 4.79 Å². The highest BCUT2D eigenvalue weighted by atomic mass is 31.0. The molecule has 1 heterocycles. The Balaban J connectivity index is 3.28. The zero-order chi connectivity index (χ0) is 5.11. The second kappa shape index (κ2) is 1.94. The van der Waals surface area contributed by atoms with Crippen LogP contribution in [0.3, 0.4) is 0 Å². The van der Waals surface area contributed by atoms with E-state index in [2.05, 4.69) is 0 Å². The van der Waals surface area contributed by atoms with Crippen LogP contribution in [0.25, 0.3) is 0 Å². The van der Waals surface area contributed by atoms with Gasteiger partial charge in [0, 0.05) is 0 Å². The van der Waals surface area contributed by atoms with E-state index in [4.69, 9.17) is 0 Å². The van der Waals surface area contributed by atoms with Gasteiger partial charge in [0.15, 0.2) is 5.43 Å². The SMILES string of the molecule is O=c1cc[pH]cc1. The summed E-state index contributed by atoms with van der Waals surface area (Å²) in [5, 5.41) is 0. The zero-order valence-corrected chi connectivity index (χ0v) is 4.72. The van der Waals surface area contributed by atoms with E-state index in [1.54, 1.807) is 12.1 Å². The molecule has 1 rings (SSSR count). The van der Waals surface area contributed by atoms with Gasteiger partial charge in [-0.15, -0.1) is 8.19 Å². The van der Waals surface area contributed by atoms with Crippen LogP contribution in [0.5, 0.6) is 0 Å². The molecule has 0 aliphatic carbocycles. The van der Waals surface area contributed by atoms with E-state index in [0.29, 0.717) is 8.19 Å². The fourth-order valence-corrected chi connectivity index (χ4v) is 1.00. The minimum Gasteiger partial charge on any atom is -0.290 e. The van der Waals surface area contributed by atoms with Crippen LogP contribution in [0.1, 0.15) is 0 Å². The highest BCUT2D eigenvalue weighted by Gasteiger charge is 1.70. The Hall–Kier alpha value is -0.550. The zero-order valence-electron chi connectivity index (χ0n) is 3.72. The second-order valence-corrected chi connectivity index (χ2v) is 2.24. The summed E-state index contributed by atoms with van der Waals surface area (Å²) >= 11 is 0. The molecule has 0 saturated carbocycles. The Kier molecular flexibility index (Phi) is 1.28. The van der Waals surface area contributed by atoms with E-state index in [1.165, 1.54) is 0 Å². The molecule has 1 nitrogen and oxygen atoms in total. The number of rotatable bonds is 0. The van der Waals surface area contributed by atoms with Crippen molar-refractivity contribution in [3.63, 3.8) is 0 Å². The molecule has 36 valence electrons. The Bertz CT molecular complexity index is 174. The minimum atomic E-state index is 0.110. The average Bonchev–Trinajstić information content (AvgIpc) is 1.69. The lowest BCUT2D eigenvalue weighted by Crippen LogP contribution is -1.88. The molecule has 0 N–H and O–H groups in total. The van der Waals surface area contributed by atoms with Crippen LogP contribution in [-0.4, -0.2) is 0 Å². The van der Waals surface area contributed by atoms with Gasteiger partial charge in [-0.2, -0.15) is 0 Å². The first-order valence-corrected chi connectivity index (χ1v) is 3.18. The van der Waals surface area contributed by atoms with Gasteiger partial charge in [0.25, 0.3) is 0 Å². The summed E-state index contributed by atoms with van der Waals surface area (Å²) in [5.41, 5.74) is 0.110. The van der Waals surface area contributed by atoms with Crippen molar-refractivity contribution < 1.29 is 0 Å². The van der Waals surface area contributed by atoms with Gasteiger partial charge in [0.2, 0.25) is 0 Å². The highest BCUT2D eigenvalue weighted by Crippen LogP contribution is 1.94. The van der Waals surface area contributed by atoms with Crippen molar-refractivity contribution in [2.75, 3.05) is 0 Å². The number of hydrogen-bond acceptors (Lipinski definition) is 1. The largest absolute Gasteiger partial charge is 0.290 e. The fourth-order valence-electron chi connectivity index (χ4n) is 0.372. The molecule has 1 aromatic heterocycles. The maximum atomic E-state index is 10.3. The molecule has 0 aliphatic heterocycles. The standard InChI is InChI=1S/C5H5OP/c6-5-1-3-7-4-2-5/h1-4,7H. The van der Waals surface area contributed by atoms with Crippen LogP contribution >= 0.6 is 8.19 Å². The van der Waals surface area contributed by atoms with Gasteiger partial charge in [0.05, 0.1) is 0 Å². The normalized spacial score (nSPS) is 8.57. The van der Waals surface area contributed by atoms with Crippen molar-refractivity contribution in [2.24, 2.45) is 0 Å². The third-order valence-corrected chi connectivity index (χ3v) is 1.41. The molecule has 0 atom stereocenters. The van der Waals surface area contributed by atoms with Crippen molar-refractivity contribution in [3.8, 4) is 0 Å². The lowest BCUT2D eigenvalue weighted by atomic mass is 10.6. The van der Waals surface area contributed by atoms with E-state index < -0.39 is 0 Å². The van der Waals surface area contributed by atoms with Gasteiger partial charge in [-0.05, 0) is 23.7 Å². The average molecular weight is 112 g/mol. The smallest absolute Gasteiger partial charge is 0.179 e. The van der Waals surface area contributed by atoms with Gasteiger partial charge in [-0.25, -0.2) is 0 Å². The summed E-state index contributed by atoms with van der Waals surface area (Å²) in [4.78, 5) is 10.3. The van der Waals surface area contributed by atoms with Crippen LogP contribution in [0.2, 0.25) is 0 Å². The first-order chi connectivity index (χ1) is 3.39. The van der Waals surface area contributed by atoms with Crippen molar-refractivity contribution in [2.45, 2.75) is 0 Å². The summed E-state index contributed by atoms with van der Waals surface area (Å²) < 4.78 is 0. The maximum absolute atomic E-state index is 10.3. The molecular weight excluding hydrogens is 107 g/mol. The molecule has 0 unspecified atom stereocenters. The Labute approximate surface area is 43.1 Å².